The van der Waals surface area contributed by atoms with Crippen molar-refractivity contribution in [3.8, 4) is 0 Å². The van der Waals surface area contributed by atoms with Crippen molar-refractivity contribution in [3.63, 3.8) is 0 Å². The predicted molar refractivity (Wildman–Crippen MR) is 83.9 cm³/mol. The second-order valence-electron chi connectivity index (χ2n) is 4.83. The molecule has 0 amide bonds. The van der Waals surface area contributed by atoms with Gasteiger partial charge in [-0.25, -0.2) is 13.4 Å². The van der Waals surface area contributed by atoms with Crippen LogP contribution in [0.15, 0.2) is 22.1 Å². The van der Waals surface area contributed by atoms with Crippen molar-refractivity contribution in [2.45, 2.75) is 23.3 Å². The second-order valence-corrected chi connectivity index (χ2v) is 9.98. The van der Waals surface area contributed by atoms with Crippen LogP contribution in [-0.4, -0.2) is 30.7 Å². The van der Waals surface area contributed by atoms with E-state index in [1.165, 1.54) is 18.0 Å². The third kappa shape index (κ3) is 2.98. The highest BCUT2D eigenvalue weighted by Gasteiger charge is 2.43. The van der Waals surface area contributed by atoms with Gasteiger partial charge in [-0.05, 0) is 12.1 Å². The summed E-state index contributed by atoms with van der Waals surface area (Å²) >= 11 is 13.2. The van der Waals surface area contributed by atoms with Crippen LogP contribution in [0.5, 0.6) is 0 Å². The Labute approximate surface area is 132 Å². The maximum absolute atomic E-state index is 12.2. The molecule has 4 nitrogen and oxygen atoms in total. The highest BCUT2D eigenvalue weighted by atomic mass is 35.5. The van der Waals surface area contributed by atoms with Gasteiger partial charge in [0.05, 0.1) is 27.3 Å². The number of thioether (sulfide) groups is 1. The fourth-order valence-corrected chi connectivity index (χ4v) is 5.05. The monoisotopic (exact) mass is 352 g/mol. The molecule has 1 unspecified atom stereocenters. The van der Waals surface area contributed by atoms with Crippen molar-refractivity contribution in [1.82, 2.24) is 0 Å². The molecule has 0 radical (unpaired) electrons. The average molecular weight is 353 g/mol. The van der Waals surface area contributed by atoms with Gasteiger partial charge in [-0.2, -0.15) is 0 Å². The van der Waals surface area contributed by atoms with Crippen LogP contribution in [0.4, 0.5) is 0 Å². The third-order valence-electron chi connectivity index (χ3n) is 2.76. The maximum Gasteiger partial charge on any atom is 0.226 e. The summed E-state index contributed by atoms with van der Waals surface area (Å²) < 4.78 is 23.1. The standard InChI is InChI=1S/C12H14Cl2N2O2S2/c1-7(2)19-12(20(3,17)18)6-15-10-4-8(13)9(14)5-11(10)16-12/h4-5,7H,6H2,1-3H3. The molecule has 1 aromatic carbocycles. The van der Waals surface area contributed by atoms with Crippen LogP contribution >= 0.6 is 35.0 Å². The Morgan fingerprint density at radius 1 is 1.25 bits per heavy atom. The van der Waals surface area contributed by atoms with E-state index < -0.39 is 14.0 Å². The molecule has 0 spiro atoms. The minimum absolute atomic E-state index is 0.0830. The number of rotatable bonds is 3. The van der Waals surface area contributed by atoms with Gasteiger partial charge in [0.25, 0.3) is 0 Å². The van der Waals surface area contributed by atoms with E-state index in [1.54, 1.807) is 12.1 Å². The van der Waals surface area contributed by atoms with E-state index in [4.69, 9.17) is 23.2 Å². The molecule has 0 N–H and O–H groups in total. The molecule has 1 aliphatic heterocycles. The van der Waals surface area contributed by atoms with Crippen molar-refractivity contribution in [3.05, 3.63) is 32.9 Å². The Hall–Kier alpha value is -0.300. The van der Waals surface area contributed by atoms with Crippen LogP contribution < -0.4 is 10.7 Å². The van der Waals surface area contributed by atoms with E-state index in [0.717, 1.165) is 0 Å². The molecule has 0 saturated carbocycles. The van der Waals surface area contributed by atoms with Gasteiger partial charge in [-0.1, -0.05) is 37.0 Å². The molecule has 0 saturated heterocycles. The van der Waals surface area contributed by atoms with Crippen molar-refractivity contribution < 1.29 is 8.42 Å². The smallest absolute Gasteiger partial charge is 0.226 e. The Balaban J connectivity index is 2.70. The Bertz CT molecular complexity index is 762. The first kappa shape index (κ1) is 16.1. The van der Waals surface area contributed by atoms with Gasteiger partial charge in [-0.3, -0.25) is 4.99 Å². The van der Waals surface area contributed by atoms with Gasteiger partial charge in [0.2, 0.25) is 4.20 Å². The Kier molecular flexibility index (Phi) is 4.40. The normalized spacial score (nSPS) is 22.1. The maximum atomic E-state index is 12.2. The van der Waals surface area contributed by atoms with E-state index in [9.17, 15) is 8.42 Å². The molecule has 0 aliphatic carbocycles. The lowest BCUT2D eigenvalue weighted by molar-refractivity contribution is 0.573. The first-order valence-corrected chi connectivity index (χ1v) is 9.44. The number of halogens is 2. The van der Waals surface area contributed by atoms with Crippen molar-refractivity contribution in [1.29, 1.82) is 0 Å². The molecule has 0 fully saturated rings. The largest absolute Gasteiger partial charge is 0.278 e. The number of fused-ring (bicyclic) bond motifs is 1. The summed E-state index contributed by atoms with van der Waals surface area (Å²) in [7, 11) is -3.42. The summed E-state index contributed by atoms with van der Waals surface area (Å²) in [4.78, 5) is 8.76. The minimum atomic E-state index is -3.42. The molecule has 0 aromatic heterocycles. The van der Waals surface area contributed by atoms with Crippen LogP contribution in [0.25, 0.3) is 0 Å². The van der Waals surface area contributed by atoms with Crippen molar-refractivity contribution in [2.75, 3.05) is 12.8 Å². The summed E-state index contributed by atoms with van der Waals surface area (Å²) in [6, 6.07) is 3.16. The van der Waals surface area contributed by atoms with E-state index in [2.05, 4.69) is 9.98 Å². The van der Waals surface area contributed by atoms with Gasteiger partial charge in [0, 0.05) is 11.5 Å². The van der Waals surface area contributed by atoms with Crippen LogP contribution in [-0.2, 0) is 9.84 Å². The van der Waals surface area contributed by atoms with Gasteiger partial charge in [0.1, 0.15) is 0 Å². The van der Waals surface area contributed by atoms with Crippen LogP contribution in [0.1, 0.15) is 13.8 Å². The fourth-order valence-electron chi connectivity index (χ4n) is 1.87. The SMILES string of the molecule is CC(C)SC1(S(C)(=O)=O)CN=c2cc(Cl)c(Cl)cc2=N1. The average Bonchev–Trinajstić information content (AvgIpc) is 2.29. The summed E-state index contributed by atoms with van der Waals surface area (Å²) in [6.07, 6.45) is 1.18. The highest BCUT2D eigenvalue weighted by molar-refractivity contribution is 8.14. The van der Waals surface area contributed by atoms with Crippen molar-refractivity contribution in [2.24, 2.45) is 9.98 Å². The van der Waals surface area contributed by atoms with Crippen LogP contribution in [0, 0.1) is 0 Å². The van der Waals surface area contributed by atoms with Gasteiger partial charge < -0.3 is 0 Å². The third-order valence-corrected chi connectivity index (χ3v) is 7.12. The first-order valence-electron chi connectivity index (χ1n) is 5.91. The number of nitrogens with zero attached hydrogens (tertiary/aromatic N) is 2. The Morgan fingerprint density at radius 3 is 2.30 bits per heavy atom. The zero-order chi connectivity index (χ0) is 15.1. The highest BCUT2D eigenvalue weighted by Crippen LogP contribution is 2.36. The second kappa shape index (κ2) is 5.48. The zero-order valence-electron chi connectivity index (χ0n) is 11.2. The van der Waals surface area contributed by atoms with E-state index in [-0.39, 0.29) is 11.8 Å². The molecule has 1 atom stereocenters. The van der Waals surface area contributed by atoms with Gasteiger partial charge in [0.15, 0.2) is 9.84 Å². The van der Waals surface area contributed by atoms with Gasteiger partial charge >= 0.3 is 0 Å². The topological polar surface area (TPSA) is 58.9 Å². The zero-order valence-corrected chi connectivity index (χ0v) is 14.4. The van der Waals surface area contributed by atoms with E-state index >= 15 is 0 Å². The lowest BCUT2D eigenvalue weighted by atomic mass is 10.3. The molecule has 8 heteroatoms. The minimum Gasteiger partial charge on any atom is -0.278 e. The summed E-state index contributed by atoms with van der Waals surface area (Å²) in [5, 5.41) is 1.86. The van der Waals surface area contributed by atoms with Crippen molar-refractivity contribution >= 4 is 44.8 Å². The van der Waals surface area contributed by atoms with Crippen LogP contribution in [0.2, 0.25) is 10.0 Å². The van der Waals surface area contributed by atoms with E-state index in [0.29, 0.717) is 20.8 Å². The molecule has 1 aliphatic rings. The molecule has 2 rings (SSSR count). The fraction of sp³-hybridized carbons (Fsp3) is 0.500. The lowest BCUT2D eigenvalue weighted by Gasteiger charge is -2.29. The predicted octanol–water partition coefficient (Wildman–Crippen LogP) is 2.09. The summed E-state index contributed by atoms with van der Waals surface area (Å²) in [5.74, 6) is 0. The molecule has 110 valence electrons. The first-order chi connectivity index (χ1) is 9.14. The lowest BCUT2D eigenvalue weighted by Crippen LogP contribution is -2.45. The quantitative estimate of drug-likeness (QED) is 0.836. The van der Waals surface area contributed by atoms with Gasteiger partial charge in [-0.15, -0.1) is 11.8 Å². The van der Waals surface area contributed by atoms with E-state index in [1.807, 2.05) is 13.8 Å². The molecular weight excluding hydrogens is 339 g/mol. The Morgan fingerprint density at radius 2 is 1.80 bits per heavy atom. The summed E-state index contributed by atoms with van der Waals surface area (Å²) in [6.45, 7) is 3.94. The molecule has 1 aromatic rings. The molecule has 20 heavy (non-hydrogen) atoms. The number of hydrogen-bond acceptors (Lipinski definition) is 5. The van der Waals surface area contributed by atoms with Crippen LogP contribution in [0.3, 0.4) is 0 Å². The number of sulfone groups is 1. The number of hydrogen-bond donors (Lipinski definition) is 0. The molecule has 0 bridgehead atoms. The number of benzene rings is 1. The molecular formula is C12H14Cl2N2O2S2. The molecule has 1 heterocycles. The summed E-state index contributed by atoms with van der Waals surface area (Å²) in [5.41, 5.74) is 0.